The second kappa shape index (κ2) is 7.20. The Morgan fingerprint density at radius 1 is 1.00 bits per heavy atom. The Morgan fingerprint density at radius 2 is 1.53 bits per heavy atom. The Labute approximate surface area is 95.6 Å². The molecule has 2 saturated heterocycles. The van der Waals surface area contributed by atoms with Gasteiger partial charge in [0.05, 0.1) is 0 Å². The van der Waals surface area contributed by atoms with E-state index < -0.39 is 0 Å². The summed E-state index contributed by atoms with van der Waals surface area (Å²) in [7, 11) is 2.18. The maximum absolute atomic E-state index is 5.78. The number of hydrazine groups is 1. The second-order valence-corrected chi connectivity index (χ2v) is 4.25. The third-order valence-corrected chi connectivity index (χ3v) is 2.90. The Balaban J connectivity index is 0.000000442. The van der Waals surface area contributed by atoms with Crippen LogP contribution < -0.4 is 5.84 Å². The molecular formula is C12H29N3. The molecule has 3 heteroatoms. The summed E-state index contributed by atoms with van der Waals surface area (Å²) < 4.78 is 0. The van der Waals surface area contributed by atoms with Crippen molar-refractivity contribution in [1.82, 2.24) is 9.91 Å². The van der Waals surface area contributed by atoms with E-state index in [1.165, 1.54) is 25.9 Å². The molecule has 2 N–H and O–H groups in total. The van der Waals surface area contributed by atoms with Gasteiger partial charge in [-0.1, -0.05) is 27.7 Å². The number of piperidine rings is 1. The smallest absolute Gasteiger partial charge is 0.0209 e. The predicted molar refractivity (Wildman–Crippen MR) is 67.6 cm³/mol. The largest absolute Gasteiger partial charge is 0.305 e. The number of hydrogen-bond acceptors (Lipinski definition) is 3. The van der Waals surface area contributed by atoms with Crippen molar-refractivity contribution in [3.05, 3.63) is 0 Å². The monoisotopic (exact) mass is 215 g/mol. The lowest BCUT2D eigenvalue weighted by Gasteiger charge is -2.52. The van der Waals surface area contributed by atoms with Crippen LogP contribution in [0.25, 0.3) is 0 Å². The average Bonchev–Trinajstić information content (AvgIpc) is 2.22. The Hall–Kier alpha value is -0.120. The quantitative estimate of drug-likeness (QED) is 0.627. The van der Waals surface area contributed by atoms with Gasteiger partial charge in [0.25, 0.3) is 0 Å². The third kappa shape index (κ3) is 4.09. The van der Waals surface area contributed by atoms with Crippen LogP contribution in [0.1, 0.15) is 40.5 Å². The fraction of sp³-hybridized carbons (Fsp3) is 1.00. The van der Waals surface area contributed by atoms with Gasteiger partial charge in [-0.3, -0.25) is 5.84 Å². The first-order chi connectivity index (χ1) is 7.20. The summed E-state index contributed by atoms with van der Waals surface area (Å²) in [5, 5.41) is 1.98. The van der Waals surface area contributed by atoms with Crippen LogP contribution in [-0.4, -0.2) is 43.1 Å². The molecule has 1 spiro atoms. The highest BCUT2D eigenvalue weighted by molar-refractivity contribution is 4.96. The average molecular weight is 215 g/mol. The topological polar surface area (TPSA) is 32.5 Å². The highest BCUT2D eigenvalue weighted by Crippen LogP contribution is 2.36. The lowest BCUT2D eigenvalue weighted by atomic mass is 9.74. The summed E-state index contributed by atoms with van der Waals surface area (Å²) >= 11 is 0. The summed E-state index contributed by atoms with van der Waals surface area (Å²) in [6, 6.07) is 0. The molecule has 0 aromatic heterocycles. The van der Waals surface area contributed by atoms with Crippen LogP contribution in [0.2, 0.25) is 0 Å². The predicted octanol–water partition coefficient (Wildman–Crippen LogP) is 1.94. The van der Waals surface area contributed by atoms with E-state index in [1.807, 2.05) is 32.7 Å². The van der Waals surface area contributed by atoms with Gasteiger partial charge in [-0.2, -0.15) is 0 Å². The van der Waals surface area contributed by atoms with Crippen LogP contribution in [0.15, 0.2) is 0 Å². The van der Waals surface area contributed by atoms with Crippen LogP contribution in [0.4, 0.5) is 0 Å². The molecule has 2 heterocycles. The highest BCUT2D eigenvalue weighted by Gasteiger charge is 2.43. The van der Waals surface area contributed by atoms with E-state index >= 15 is 0 Å². The molecule has 0 aromatic rings. The minimum Gasteiger partial charge on any atom is -0.305 e. The standard InChI is InChI=1S/C8H17N3.2C2H6/c1-10-5-8(6-10)3-2-4-11(9)7-8;2*1-2/h2-7,9H2,1H3;2*1-2H3. The fourth-order valence-corrected chi connectivity index (χ4v) is 2.60. The molecule has 0 bridgehead atoms. The summed E-state index contributed by atoms with van der Waals surface area (Å²) in [6.45, 7) is 12.7. The molecule has 0 aliphatic carbocycles. The van der Waals surface area contributed by atoms with Gasteiger partial charge in [-0.05, 0) is 19.9 Å². The van der Waals surface area contributed by atoms with Crippen LogP contribution >= 0.6 is 0 Å². The van der Waals surface area contributed by atoms with Crippen molar-refractivity contribution in [3.63, 3.8) is 0 Å². The summed E-state index contributed by atoms with van der Waals surface area (Å²) in [5.74, 6) is 5.78. The van der Waals surface area contributed by atoms with Crippen molar-refractivity contribution >= 4 is 0 Å². The number of rotatable bonds is 0. The molecule has 2 fully saturated rings. The Bertz CT molecular complexity index is 147. The van der Waals surface area contributed by atoms with E-state index in [0.29, 0.717) is 5.41 Å². The fourth-order valence-electron chi connectivity index (χ4n) is 2.60. The number of likely N-dealkylation sites (tertiary alicyclic amines) is 1. The molecule has 0 atom stereocenters. The first-order valence-corrected chi connectivity index (χ1v) is 6.38. The zero-order chi connectivity index (χ0) is 11.9. The molecule has 0 aromatic carbocycles. The number of nitrogens with zero attached hydrogens (tertiary/aromatic N) is 2. The molecule has 2 aliphatic heterocycles. The van der Waals surface area contributed by atoms with E-state index in [0.717, 1.165) is 13.1 Å². The first kappa shape index (κ1) is 14.9. The molecular weight excluding hydrogens is 186 g/mol. The SMILES string of the molecule is CC.CC.CN1CC2(CCCN(N)C2)C1. The zero-order valence-electron chi connectivity index (χ0n) is 11.2. The van der Waals surface area contributed by atoms with Gasteiger partial charge in [-0.15, -0.1) is 0 Å². The summed E-state index contributed by atoms with van der Waals surface area (Å²) in [5.41, 5.74) is 0.571. The minimum absolute atomic E-state index is 0.571. The molecule has 0 saturated carbocycles. The van der Waals surface area contributed by atoms with E-state index in [4.69, 9.17) is 5.84 Å². The van der Waals surface area contributed by atoms with Crippen LogP contribution in [0, 0.1) is 5.41 Å². The lowest BCUT2D eigenvalue weighted by Crippen LogP contribution is -2.62. The highest BCUT2D eigenvalue weighted by atomic mass is 15.4. The molecule has 0 radical (unpaired) electrons. The second-order valence-electron chi connectivity index (χ2n) is 4.25. The molecule has 2 rings (SSSR count). The maximum Gasteiger partial charge on any atom is 0.0209 e. The molecule has 3 nitrogen and oxygen atoms in total. The van der Waals surface area contributed by atoms with Crippen molar-refractivity contribution < 1.29 is 0 Å². The number of hydrogen-bond donors (Lipinski definition) is 1. The summed E-state index contributed by atoms with van der Waals surface area (Å²) in [6.07, 6.45) is 2.66. The van der Waals surface area contributed by atoms with E-state index in [-0.39, 0.29) is 0 Å². The van der Waals surface area contributed by atoms with Gasteiger partial charge in [0.2, 0.25) is 0 Å². The summed E-state index contributed by atoms with van der Waals surface area (Å²) in [4.78, 5) is 2.37. The van der Waals surface area contributed by atoms with Crippen LogP contribution in [0.3, 0.4) is 0 Å². The molecule has 0 unspecified atom stereocenters. The van der Waals surface area contributed by atoms with Gasteiger partial charge < -0.3 is 4.90 Å². The van der Waals surface area contributed by atoms with E-state index in [1.54, 1.807) is 0 Å². The minimum atomic E-state index is 0.571. The van der Waals surface area contributed by atoms with Crippen molar-refractivity contribution in [2.24, 2.45) is 11.3 Å². The van der Waals surface area contributed by atoms with Crippen molar-refractivity contribution in [2.75, 3.05) is 33.2 Å². The zero-order valence-corrected chi connectivity index (χ0v) is 11.2. The Morgan fingerprint density at radius 3 is 1.93 bits per heavy atom. The normalized spacial score (nSPS) is 24.4. The molecule has 92 valence electrons. The van der Waals surface area contributed by atoms with Crippen molar-refractivity contribution in [3.8, 4) is 0 Å². The van der Waals surface area contributed by atoms with E-state index in [9.17, 15) is 0 Å². The van der Waals surface area contributed by atoms with Gasteiger partial charge in [0.15, 0.2) is 0 Å². The van der Waals surface area contributed by atoms with Gasteiger partial charge in [0.1, 0.15) is 0 Å². The molecule has 2 aliphatic rings. The van der Waals surface area contributed by atoms with Crippen molar-refractivity contribution in [1.29, 1.82) is 0 Å². The van der Waals surface area contributed by atoms with Gasteiger partial charge in [-0.25, -0.2) is 5.01 Å². The van der Waals surface area contributed by atoms with Crippen molar-refractivity contribution in [2.45, 2.75) is 40.5 Å². The number of nitrogens with two attached hydrogens (primary N) is 1. The lowest BCUT2D eigenvalue weighted by molar-refractivity contribution is -0.0404. The van der Waals surface area contributed by atoms with Gasteiger partial charge >= 0.3 is 0 Å². The van der Waals surface area contributed by atoms with Gasteiger partial charge in [0, 0.05) is 31.6 Å². The first-order valence-electron chi connectivity index (χ1n) is 6.38. The maximum atomic E-state index is 5.78. The van der Waals surface area contributed by atoms with Crippen LogP contribution in [-0.2, 0) is 0 Å². The molecule has 15 heavy (non-hydrogen) atoms. The molecule has 0 amide bonds. The van der Waals surface area contributed by atoms with E-state index in [2.05, 4.69) is 11.9 Å². The Kier molecular flexibility index (Phi) is 7.14. The van der Waals surface area contributed by atoms with Crippen LogP contribution in [0.5, 0.6) is 0 Å². The third-order valence-electron chi connectivity index (χ3n) is 2.90.